The van der Waals surface area contributed by atoms with E-state index in [0.717, 1.165) is 37.1 Å². The van der Waals surface area contributed by atoms with Crippen molar-refractivity contribution >= 4 is 17.3 Å². The van der Waals surface area contributed by atoms with Gasteiger partial charge in [-0.3, -0.25) is 0 Å². The van der Waals surface area contributed by atoms with Crippen LogP contribution < -0.4 is 10.2 Å². The zero-order valence-corrected chi connectivity index (χ0v) is 14.2. The molecule has 2 aliphatic heterocycles. The summed E-state index contributed by atoms with van der Waals surface area (Å²) >= 11 is 0. The van der Waals surface area contributed by atoms with Gasteiger partial charge in [0.2, 0.25) is 0 Å². The molecule has 1 saturated carbocycles. The smallest absolute Gasteiger partial charge is 0.340 e. The van der Waals surface area contributed by atoms with Crippen LogP contribution in [0, 0.1) is 0 Å². The highest BCUT2D eigenvalue weighted by Crippen LogP contribution is 2.40. The lowest BCUT2D eigenvalue weighted by molar-refractivity contribution is -0.145. The van der Waals surface area contributed by atoms with Gasteiger partial charge in [-0.05, 0) is 44.7 Å². The molecule has 4 rings (SSSR count). The molecular formula is C19H24N2O3. The molecular weight excluding hydrogens is 304 g/mol. The molecule has 128 valence electrons. The number of nitrogens with one attached hydrogen (secondary N) is 1. The van der Waals surface area contributed by atoms with Crippen LogP contribution in [0.1, 0.15) is 39.0 Å². The number of ether oxygens (including phenoxy) is 2. The highest BCUT2D eigenvalue weighted by Gasteiger charge is 2.45. The molecule has 5 nitrogen and oxygen atoms in total. The third-order valence-electron chi connectivity index (χ3n) is 5.30. The molecule has 0 bridgehead atoms. The van der Waals surface area contributed by atoms with Gasteiger partial charge >= 0.3 is 5.97 Å². The zero-order chi connectivity index (χ0) is 16.7. The van der Waals surface area contributed by atoms with Gasteiger partial charge in [-0.15, -0.1) is 0 Å². The second-order valence-electron chi connectivity index (χ2n) is 6.89. The van der Waals surface area contributed by atoms with Crippen LogP contribution in [0.5, 0.6) is 0 Å². The minimum atomic E-state index is -0.229. The van der Waals surface area contributed by atoms with E-state index >= 15 is 0 Å². The number of fused-ring (bicyclic) bond motifs is 2. The maximum Gasteiger partial charge on any atom is 0.340 e. The van der Waals surface area contributed by atoms with Crippen LogP contribution in [0.15, 0.2) is 35.6 Å². The number of hydrogen-bond donors (Lipinski definition) is 1. The first-order chi connectivity index (χ1) is 11.6. The monoisotopic (exact) mass is 328 g/mol. The fraction of sp³-hybridized carbons (Fsp3) is 0.526. The number of likely N-dealkylation sites (N-methyl/N-ethyl adjacent to an activating group) is 1. The van der Waals surface area contributed by atoms with Gasteiger partial charge in [-0.25, -0.2) is 4.79 Å². The fourth-order valence-corrected chi connectivity index (χ4v) is 4.00. The standard InChI is InChI=1S/C19H24N2O3/c1-12-16(19(22)24-13-8-4-3-5-9-13)17-18(23-12)21(2)15-11-7-6-10-14(15)20-17/h6-7,10-11,13,17-18,20H,3-5,8-9H2,1-2H3/t17-,18-/m0/s1. The van der Waals surface area contributed by atoms with E-state index in [9.17, 15) is 4.79 Å². The Kier molecular flexibility index (Phi) is 3.87. The summed E-state index contributed by atoms with van der Waals surface area (Å²) in [5, 5.41) is 3.46. The Morgan fingerprint density at radius 3 is 2.79 bits per heavy atom. The van der Waals surface area contributed by atoms with E-state index in [2.05, 4.69) is 16.3 Å². The summed E-state index contributed by atoms with van der Waals surface area (Å²) in [6.07, 6.45) is 5.33. The van der Waals surface area contributed by atoms with Crippen molar-refractivity contribution < 1.29 is 14.3 Å². The summed E-state index contributed by atoms with van der Waals surface area (Å²) in [7, 11) is 2.00. The highest BCUT2D eigenvalue weighted by molar-refractivity contribution is 5.93. The van der Waals surface area contributed by atoms with Crippen molar-refractivity contribution in [2.45, 2.75) is 57.4 Å². The van der Waals surface area contributed by atoms with Crippen LogP contribution in [-0.4, -0.2) is 31.4 Å². The maximum atomic E-state index is 12.8. The van der Waals surface area contributed by atoms with Crippen molar-refractivity contribution in [1.29, 1.82) is 0 Å². The molecule has 1 aliphatic carbocycles. The number of carbonyl (C=O) groups excluding carboxylic acids is 1. The van der Waals surface area contributed by atoms with E-state index in [4.69, 9.17) is 9.47 Å². The summed E-state index contributed by atoms with van der Waals surface area (Å²) in [6, 6.07) is 7.88. The Hall–Kier alpha value is -2.17. The van der Waals surface area contributed by atoms with Crippen LogP contribution in [0.25, 0.3) is 0 Å². The molecule has 0 spiro atoms. The number of nitrogens with zero attached hydrogens (tertiary/aromatic N) is 1. The van der Waals surface area contributed by atoms with Gasteiger partial charge in [-0.1, -0.05) is 18.6 Å². The molecule has 1 fully saturated rings. The first-order valence-corrected chi connectivity index (χ1v) is 8.82. The second-order valence-corrected chi connectivity index (χ2v) is 6.89. The third kappa shape index (κ3) is 2.52. The Bertz CT molecular complexity index is 679. The molecule has 3 aliphatic rings. The number of para-hydroxylation sites is 2. The topological polar surface area (TPSA) is 50.8 Å². The number of hydrogen-bond acceptors (Lipinski definition) is 5. The average Bonchev–Trinajstić information content (AvgIpc) is 2.92. The van der Waals surface area contributed by atoms with Crippen LogP contribution in [0.4, 0.5) is 11.4 Å². The van der Waals surface area contributed by atoms with Crippen molar-refractivity contribution in [1.82, 2.24) is 0 Å². The van der Waals surface area contributed by atoms with Crippen LogP contribution in [-0.2, 0) is 14.3 Å². The third-order valence-corrected chi connectivity index (χ3v) is 5.30. The number of benzene rings is 1. The van der Waals surface area contributed by atoms with Gasteiger partial charge in [0.25, 0.3) is 0 Å². The summed E-state index contributed by atoms with van der Waals surface area (Å²) in [6.45, 7) is 1.86. The van der Waals surface area contributed by atoms with Crippen molar-refractivity contribution in [3.05, 3.63) is 35.6 Å². The van der Waals surface area contributed by atoms with Crippen molar-refractivity contribution in [2.24, 2.45) is 0 Å². The van der Waals surface area contributed by atoms with Gasteiger partial charge in [0, 0.05) is 7.05 Å². The van der Waals surface area contributed by atoms with Gasteiger partial charge in [0.05, 0.1) is 11.4 Å². The Balaban J connectivity index is 1.56. The predicted octanol–water partition coefficient (Wildman–Crippen LogP) is 3.42. The molecule has 0 unspecified atom stereocenters. The lowest BCUT2D eigenvalue weighted by atomic mass is 9.97. The number of carbonyl (C=O) groups is 1. The van der Waals surface area contributed by atoms with Gasteiger partial charge in [-0.2, -0.15) is 0 Å². The number of esters is 1. The van der Waals surface area contributed by atoms with Crippen molar-refractivity contribution in [3.63, 3.8) is 0 Å². The lowest BCUT2D eigenvalue weighted by Gasteiger charge is -2.38. The molecule has 1 aromatic carbocycles. The molecule has 0 radical (unpaired) electrons. The first kappa shape index (κ1) is 15.4. The molecule has 2 heterocycles. The lowest BCUT2D eigenvalue weighted by Crippen LogP contribution is -2.49. The van der Waals surface area contributed by atoms with Gasteiger partial charge in [0.1, 0.15) is 23.5 Å². The number of anilines is 2. The van der Waals surface area contributed by atoms with Gasteiger partial charge < -0.3 is 19.7 Å². The van der Waals surface area contributed by atoms with E-state index in [1.165, 1.54) is 6.42 Å². The summed E-state index contributed by atoms with van der Waals surface area (Å²) in [4.78, 5) is 14.9. The molecule has 5 heteroatoms. The molecule has 2 atom stereocenters. The molecule has 1 N–H and O–H groups in total. The van der Waals surface area contributed by atoms with E-state index in [-0.39, 0.29) is 24.3 Å². The first-order valence-electron chi connectivity index (χ1n) is 8.82. The maximum absolute atomic E-state index is 12.8. The van der Waals surface area contributed by atoms with E-state index in [0.29, 0.717) is 11.3 Å². The Labute approximate surface area is 142 Å². The van der Waals surface area contributed by atoms with E-state index < -0.39 is 0 Å². The number of rotatable bonds is 2. The highest BCUT2D eigenvalue weighted by atomic mass is 16.6. The molecule has 24 heavy (non-hydrogen) atoms. The summed E-state index contributed by atoms with van der Waals surface area (Å²) < 4.78 is 11.8. The molecule has 0 aromatic heterocycles. The Morgan fingerprint density at radius 1 is 1.25 bits per heavy atom. The zero-order valence-electron chi connectivity index (χ0n) is 14.2. The predicted molar refractivity (Wildman–Crippen MR) is 92.8 cm³/mol. The molecule has 0 saturated heterocycles. The SMILES string of the molecule is CC1=C(C(=O)OC2CCCCC2)[C@@H]2Nc3ccccc3N(C)[C@H]2O1. The molecule has 1 aromatic rings. The summed E-state index contributed by atoms with van der Waals surface area (Å²) in [5.41, 5.74) is 2.72. The van der Waals surface area contributed by atoms with Crippen LogP contribution in [0.3, 0.4) is 0 Å². The minimum absolute atomic E-state index is 0.0548. The van der Waals surface area contributed by atoms with Crippen LogP contribution in [0.2, 0.25) is 0 Å². The second kappa shape index (κ2) is 6.04. The Morgan fingerprint density at radius 2 is 2.00 bits per heavy atom. The number of allylic oxidation sites excluding steroid dienone is 1. The minimum Gasteiger partial charge on any atom is -0.472 e. The van der Waals surface area contributed by atoms with E-state index in [1.807, 2.05) is 32.2 Å². The van der Waals surface area contributed by atoms with Gasteiger partial charge in [0.15, 0.2) is 6.23 Å². The largest absolute Gasteiger partial charge is 0.472 e. The van der Waals surface area contributed by atoms with Crippen molar-refractivity contribution in [3.8, 4) is 0 Å². The van der Waals surface area contributed by atoms with Crippen LogP contribution >= 0.6 is 0 Å². The summed E-state index contributed by atoms with van der Waals surface area (Å²) in [5.74, 6) is 0.435. The fourth-order valence-electron chi connectivity index (χ4n) is 4.00. The average molecular weight is 328 g/mol. The quantitative estimate of drug-likeness (QED) is 0.843. The van der Waals surface area contributed by atoms with E-state index in [1.54, 1.807) is 0 Å². The molecule has 0 amide bonds. The van der Waals surface area contributed by atoms with Crippen molar-refractivity contribution in [2.75, 3.05) is 17.3 Å². The normalized spacial score (nSPS) is 26.3.